The number of hydrogen-bond donors (Lipinski definition) is 0. The molecule has 0 saturated carbocycles. The van der Waals surface area contributed by atoms with E-state index in [4.69, 9.17) is 9.15 Å². The van der Waals surface area contributed by atoms with Crippen LogP contribution in [0, 0.1) is 20.8 Å². The molecule has 1 aliphatic heterocycles. The van der Waals surface area contributed by atoms with E-state index in [0.29, 0.717) is 37.5 Å². The van der Waals surface area contributed by atoms with Gasteiger partial charge in [-0.2, -0.15) is 0 Å². The maximum absolute atomic E-state index is 13.0. The molecule has 1 unspecified atom stereocenters. The minimum atomic E-state index is -0.363. The molecule has 7 nitrogen and oxygen atoms in total. The molecule has 3 rings (SSSR count). The summed E-state index contributed by atoms with van der Waals surface area (Å²) in [6.07, 6.45) is -0.363. The smallest absolute Gasteiger partial charge is 0.255 e. The molecule has 1 atom stereocenters. The highest BCUT2D eigenvalue weighted by molar-refractivity contribution is 5.95. The standard InChI is InChI=1S/C17H24N4O3/c1-10(2)21-11(3)8-14(12(21)4)17(22)20-6-7-23-15(9-20)16-19-18-13(5)24-16/h8,10,15H,6-7,9H2,1-5H3. The Bertz CT molecular complexity index is 747. The third-order valence-electron chi connectivity index (χ3n) is 4.40. The lowest BCUT2D eigenvalue weighted by atomic mass is 10.2. The number of rotatable bonds is 3. The van der Waals surface area contributed by atoms with Gasteiger partial charge in [-0.25, -0.2) is 0 Å². The molecule has 0 aliphatic carbocycles. The first-order chi connectivity index (χ1) is 11.4. The lowest BCUT2D eigenvalue weighted by Crippen LogP contribution is -2.42. The number of amides is 1. The largest absolute Gasteiger partial charge is 0.423 e. The van der Waals surface area contributed by atoms with E-state index < -0.39 is 0 Å². The summed E-state index contributed by atoms with van der Waals surface area (Å²) in [7, 11) is 0. The van der Waals surface area contributed by atoms with Gasteiger partial charge in [0.2, 0.25) is 11.8 Å². The number of nitrogens with zero attached hydrogens (tertiary/aromatic N) is 4. The third-order valence-corrected chi connectivity index (χ3v) is 4.40. The summed E-state index contributed by atoms with van der Waals surface area (Å²) in [6.45, 7) is 11.5. The topological polar surface area (TPSA) is 73.4 Å². The van der Waals surface area contributed by atoms with E-state index in [1.807, 2.05) is 19.9 Å². The first kappa shape index (κ1) is 16.7. The molecular weight excluding hydrogens is 308 g/mol. The summed E-state index contributed by atoms with van der Waals surface area (Å²) < 4.78 is 13.3. The van der Waals surface area contributed by atoms with Crippen LogP contribution in [0.15, 0.2) is 10.5 Å². The molecule has 2 aromatic heterocycles. The molecule has 0 radical (unpaired) electrons. The highest BCUT2D eigenvalue weighted by Crippen LogP contribution is 2.25. The third kappa shape index (κ3) is 2.96. The molecule has 3 heterocycles. The fraction of sp³-hybridized carbons (Fsp3) is 0.588. The van der Waals surface area contributed by atoms with Gasteiger partial charge >= 0.3 is 0 Å². The molecule has 1 aliphatic rings. The summed E-state index contributed by atoms with van der Waals surface area (Å²) in [5.41, 5.74) is 2.86. The average Bonchev–Trinajstić information content (AvgIpc) is 3.10. The van der Waals surface area contributed by atoms with Crippen LogP contribution in [-0.2, 0) is 4.74 Å². The summed E-state index contributed by atoms with van der Waals surface area (Å²) in [5, 5.41) is 7.85. The van der Waals surface area contributed by atoms with Crippen molar-refractivity contribution < 1.29 is 13.9 Å². The Balaban J connectivity index is 1.81. The van der Waals surface area contributed by atoms with Gasteiger partial charge in [0.25, 0.3) is 5.91 Å². The van der Waals surface area contributed by atoms with Crippen LogP contribution in [0.3, 0.4) is 0 Å². The number of carbonyl (C=O) groups is 1. The summed E-state index contributed by atoms with van der Waals surface area (Å²) in [4.78, 5) is 14.8. The number of aryl methyl sites for hydroxylation is 2. The van der Waals surface area contributed by atoms with Crippen molar-refractivity contribution in [1.29, 1.82) is 0 Å². The fourth-order valence-corrected chi connectivity index (χ4v) is 3.38. The average molecular weight is 332 g/mol. The van der Waals surface area contributed by atoms with Crippen molar-refractivity contribution in [2.45, 2.75) is 46.8 Å². The fourth-order valence-electron chi connectivity index (χ4n) is 3.38. The SMILES string of the molecule is Cc1nnc(C2CN(C(=O)c3cc(C)n(C(C)C)c3C)CCO2)o1. The molecule has 1 amide bonds. The zero-order valence-corrected chi connectivity index (χ0v) is 14.9. The van der Waals surface area contributed by atoms with E-state index in [-0.39, 0.29) is 12.0 Å². The van der Waals surface area contributed by atoms with Gasteiger partial charge in [0.1, 0.15) is 0 Å². The quantitative estimate of drug-likeness (QED) is 0.864. The van der Waals surface area contributed by atoms with Crippen LogP contribution < -0.4 is 0 Å². The molecular formula is C17H24N4O3. The highest BCUT2D eigenvalue weighted by Gasteiger charge is 2.31. The van der Waals surface area contributed by atoms with Crippen molar-refractivity contribution in [2.75, 3.05) is 19.7 Å². The molecule has 24 heavy (non-hydrogen) atoms. The van der Waals surface area contributed by atoms with Gasteiger partial charge in [0.05, 0.1) is 18.7 Å². The first-order valence-electron chi connectivity index (χ1n) is 8.27. The second-order valence-corrected chi connectivity index (χ2v) is 6.52. The normalized spacial score (nSPS) is 18.4. The number of ether oxygens (including phenoxy) is 1. The van der Waals surface area contributed by atoms with Crippen molar-refractivity contribution in [3.63, 3.8) is 0 Å². The summed E-state index contributed by atoms with van der Waals surface area (Å²) in [5.74, 6) is 0.953. The molecule has 0 bridgehead atoms. The predicted octanol–water partition coefficient (Wildman–Crippen LogP) is 2.59. The van der Waals surface area contributed by atoms with Gasteiger partial charge in [0, 0.05) is 30.9 Å². The zero-order valence-electron chi connectivity index (χ0n) is 14.9. The van der Waals surface area contributed by atoms with Gasteiger partial charge < -0.3 is 18.6 Å². The van der Waals surface area contributed by atoms with Crippen LogP contribution in [0.25, 0.3) is 0 Å². The lowest BCUT2D eigenvalue weighted by Gasteiger charge is -2.31. The Morgan fingerprint density at radius 2 is 2.04 bits per heavy atom. The van der Waals surface area contributed by atoms with Gasteiger partial charge in [-0.05, 0) is 33.8 Å². The number of morpholine rings is 1. The maximum atomic E-state index is 13.0. The van der Waals surface area contributed by atoms with Crippen molar-refractivity contribution in [3.05, 3.63) is 34.8 Å². The van der Waals surface area contributed by atoms with Crippen molar-refractivity contribution in [2.24, 2.45) is 0 Å². The molecule has 1 saturated heterocycles. The number of hydrogen-bond acceptors (Lipinski definition) is 5. The van der Waals surface area contributed by atoms with Gasteiger partial charge in [0.15, 0.2) is 6.10 Å². The Kier molecular flexibility index (Phi) is 4.45. The van der Waals surface area contributed by atoms with Crippen molar-refractivity contribution in [1.82, 2.24) is 19.7 Å². The molecule has 0 N–H and O–H groups in total. The minimum Gasteiger partial charge on any atom is -0.423 e. The van der Waals surface area contributed by atoms with E-state index in [9.17, 15) is 4.79 Å². The van der Waals surface area contributed by atoms with Crippen LogP contribution in [0.5, 0.6) is 0 Å². The Labute approximate surface area is 141 Å². The number of carbonyl (C=O) groups excluding carboxylic acids is 1. The number of aromatic nitrogens is 3. The van der Waals surface area contributed by atoms with Crippen LogP contribution in [0.4, 0.5) is 0 Å². The van der Waals surface area contributed by atoms with E-state index >= 15 is 0 Å². The molecule has 0 spiro atoms. The molecule has 0 aromatic carbocycles. The molecule has 7 heteroatoms. The minimum absolute atomic E-state index is 0.0273. The molecule has 1 fully saturated rings. The van der Waals surface area contributed by atoms with Crippen LogP contribution in [0.2, 0.25) is 0 Å². The first-order valence-corrected chi connectivity index (χ1v) is 8.27. The van der Waals surface area contributed by atoms with Gasteiger partial charge in [-0.3, -0.25) is 4.79 Å². The molecule has 2 aromatic rings. The Hall–Kier alpha value is -2.15. The van der Waals surface area contributed by atoms with Crippen LogP contribution >= 0.6 is 0 Å². The second-order valence-electron chi connectivity index (χ2n) is 6.52. The van der Waals surface area contributed by atoms with E-state index in [2.05, 4.69) is 28.6 Å². The van der Waals surface area contributed by atoms with Gasteiger partial charge in [-0.15, -0.1) is 10.2 Å². The van der Waals surface area contributed by atoms with Crippen LogP contribution in [-0.4, -0.2) is 45.3 Å². The zero-order chi connectivity index (χ0) is 17.4. The summed E-state index contributed by atoms with van der Waals surface area (Å²) in [6, 6.07) is 2.30. The Morgan fingerprint density at radius 1 is 1.29 bits per heavy atom. The van der Waals surface area contributed by atoms with E-state index in [1.165, 1.54) is 0 Å². The highest BCUT2D eigenvalue weighted by atomic mass is 16.5. The van der Waals surface area contributed by atoms with Crippen molar-refractivity contribution >= 4 is 5.91 Å². The Morgan fingerprint density at radius 3 is 2.62 bits per heavy atom. The lowest BCUT2D eigenvalue weighted by molar-refractivity contribution is -0.0349. The summed E-state index contributed by atoms with van der Waals surface area (Å²) >= 11 is 0. The van der Waals surface area contributed by atoms with Gasteiger partial charge in [-0.1, -0.05) is 0 Å². The molecule has 130 valence electrons. The van der Waals surface area contributed by atoms with E-state index in [1.54, 1.807) is 11.8 Å². The van der Waals surface area contributed by atoms with E-state index in [0.717, 1.165) is 17.0 Å². The monoisotopic (exact) mass is 332 g/mol. The predicted molar refractivity (Wildman–Crippen MR) is 87.9 cm³/mol. The second kappa shape index (κ2) is 6.39. The maximum Gasteiger partial charge on any atom is 0.255 e. The van der Waals surface area contributed by atoms with Crippen LogP contribution in [0.1, 0.15) is 59.5 Å². The van der Waals surface area contributed by atoms with Crippen molar-refractivity contribution in [3.8, 4) is 0 Å².